The Balaban J connectivity index is 1.52. The van der Waals surface area contributed by atoms with Gasteiger partial charge in [0.05, 0.1) is 24.4 Å². The molecule has 0 bridgehead atoms. The van der Waals surface area contributed by atoms with Crippen molar-refractivity contribution >= 4 is 5.91 Å². The number of piperidine rings is 1. The lowest BCUT2D eigenvalue weighted by Gasteiger charge is -2.32. The Morgan fingerprint density at radius 2 is 2.20 bits per heavy atom. The summed E-state index contributed by atoms with van der Waals surface area (Å²) in [6.45, 7) is 3.48. The van der Waals surface area contributed by atoms with Gasteiger partial charge in [-0.2, -0.15) is 0 Å². The highest BCUT2D eigenvalue weighted by Gasteiger charge is 2.25. The van der Waals surface area contributed by atoms with Gasteiger partial charge in [-0.3, -0.25) is 14.8 Å². The van der Waals surface area contributed by atoms with E-state index in [-0.39, 0.29) is 30.6 Å². The largest absolute Gasteiger partial charge is 0.490 e. The Bertz CT molecular complexity index is 738. The summed E-state index contributed by atoms with van der Waals surface area (Å²) < 4.78 is 18.9. The lowest BCUT2D eigenvalue weighted by molar-refractivity contribution is -0.133. The maximum Gasteiger partial charge on any atom is 0.226 e. The minimum Gasteiger partial charge on any atom is -0.490 e. The highest BCUT2D eigenvalue weighted by atomic mass is 19.1. The number of aromatic nitrogens is 2. The Morgan fingerprint density at radius 1 is 1.36 bits per heavy atom. The van der Waals surface area contributed by atoms with Crippen LogP contribution in [0.2, 0.25) is 0 Å². The van der Waals surface area contributed by atoms with Crippen LogP contribution in [0.1, 0.15) is 36.6 Å². The molecule has 1 saturated heterocycles. The fourth-order valence-corrected chi connectivity index (χ4v) is 3.09. The monoisotopic (exact) mass is 343 g/mol. The standard InChI is InChI=1S/C19H22FN3O2/c1-14-11-21-12-17(22-14)15-5-4-9-23(13-15)19(24)8-10-25-18-7-3-2-6-16(18)20/h2-3,6-7,11-12,15H,4-5,8-10,13H2,1H3. The van der Waals surface area contributed by atoms with Crippen molar-refractivity contribution in [1.82, 2.24) is 14.9 Å². The molecular formula is C19H22FN3O2. The number of hydrogen-bond donors (Lipinski definition) is 0. The molecule has 25 heavy (non-hydrogen) atoms. The summed E-state index contributed by atoms with van der Waals surface area (Å²) in [7, 11) is 0. The normalized spacial score (nSPS) is 17.4. The Labute approximate surface area is 146 Å². The molecule has 1 unspecified atom stereocenters. The number of halogens is 1. The van der Waals surface area contributed by atoms with Gasteiger partial charge in [0.25, 0.3) is 0 Å². The van der Waals surface area contributed by atoms with Crippen LogP contribution in [0.3, 0.4) is 0 Å². The van der Waals surface area contributed by atoms with Crippen LogP contribution in [0.5, 0.6) is 5.75 Å². The molecule has 1 aliphatic rings. The summed E-state index contributed by atoms with van der Waals surface area (Å²) in [5.74, 6) is 0.0205. The highest BCUT2D eigenvalue weighted by Crippen LogP contribution is 2.25. The van der Waals surface area contributed by atoms with E-state index in [9.17, 15) is 9.18 Å². The average molecular weight is 343 g/mol. The molecule has 1 aliphatic heterocycles. The topological polar surface area (TPSA) is 55.3 Å². The molecular weight excluding hydrogens is 321 g/mol. The van der Waals surface area contributed by atoms with Crippen LogP contribution in [-0.2, 0) is 4.79 Å². The maximum atomic E-state index is 13.5. The van der Waals surface area contributed by atoms with E-state index in [0.717, 1.165) is 30.8 Å². The van der Waals surface area contributed by atoms with Crippen LogP contribution in [0.15, 0.2) is 36.7 Å². The van der Waals surface area contributed by atoms with Crippen molar-refractivity contribution in [3.05, 3.63) is 53.9 Å². The average Bonchev–Trinajstić information content (AvgIpc) is 2.63. The number of likely N-dealkylation sites (tertiary alicyclic amines) is 1. The van der Waals surface area contributed by atoms with Crippen LogP contribution >= 0.6 is 0 Å². The predicted molar refractivity (Wildman–Crippen MR) is 91.8 cm³/mol. The molecule has 0 aliphatic carbocycles. The molecule has 1 amide bonds. The van der Waals surface area contributed by atoms with Crippen molar-refractivity contribution in [1.29, 1.82) is 0 Å². The molecule has 1 aromatic heterocycles. The van der Waals surface area contributed by atoms with Crippen LogP contribution in [0.4, 0.5) is 4.39 Å². The van der Waals surface area contributed by atoms with Gasteiger partial charge in [-0.05, 0) is 31.9 Å². The first-order valence-electron chi connectivity index (χ1n) is 8.57. The fraction of sp³-hybridized carbons (Fsp3) is 0.421. The van der Waals surface area contributed by atoms with Gasteiger partial charge in [0.2, 0.25) is 5.91 Å². The van der Waals surface area contributed by atoms with Crippen molar-refractivity contribution < 1.29 is 13.9 Å². The molecule has 1 aromatic carbocycles. The van der Waals surface area contributed by atoms with Gasteiger partial charge in [0.15, 0.2) is 11.6 Å². The quantitative estimate of drug-likeness (QED) is 0.837. The second kappa shape index (κ2) is 8.05. The van der Waals surface area contributed by atoms with Gasteiger partial charge in [-0.1, -0.05) is 12.1 Å². The number of benzene rings is 1. The van der Waals surface area contributed by atoms with Crippen LogP contribution < -0.4 is 4.74 Å². The van der Waals surface area contributed by atoms with Crippen molar-refractivity contribution in [3.8, 4) is 5.75 Å². The van der Waals surface area contributed by atoms with Crippen LogP contribution in [0.25, 0.3) is 0 Å². The number of ether oxygens (including phenoxy) is 1. The zero-order valence-electron chi connectivity index (χ0n) is 14.3. The van der Waals surface area contributed by atoms with Gasteiger partial charge in [-0.25, -0.2) is 4.39 Å². The highest BCUT2D eigenvalue weighted by molar-refractivity contribution is 5.76. The fourth-order valence-electron chi connectivity index (χ4n) is 3.09. The molecule has 0 spiro atoms. The molecule has 132 valence electrons. The molecule has 0 N–H and O–H groups in total. The predicted octanol–water partition coefficient (Wildman–Crippen LogP) is 3.10. The van der Waals surface area contributed by atoms with Crippen LogP contribution in [0, 0.1) is 12.7 Å². The number of hydrogen-bond acceptors (Lipinski definition) is 4. The second-order valence-corrected chi connectivity index (χ2v) is 6.29. The smallest absolute Gasteiger partial charge is 0.226 e. The van der Waals surface area contributed by atoms with E-state index in [1.165, 1.54) is 6.07 Å². The third-order valence-corrected chi connectivity index (χ3v) is 4.38. The molecule has 2 heterocycles. The number of para-hydroxylation sites is 1. The van der Waals surface area contributed by atoms with E-state index in [1.807, 2.05) is 11.8 Å². The van der Waals surface area contributed by atoms with Crippen molar-refractivity contribution in [2.45, 2.75) is 32.1 Å². The van der Waals surface area contributed by atoms with E-state index in [1.54, 1.807) is 30.6 Å². The first-order valence-corrected chi connectivity index (χ1v) is 8.57. The molecule has 6 heteroatoms. The first kappa shape index (κ1) is 17.3. The summed E-state index contributed by atoms with van der Waals surface area (Å²) >= 11 is 0. The Kier molecular flexibility index (Phi) is 5.58. The number of rotatable bonds is 5. The Hall–Kier alpha value is -2.50. The van der Waals surface area contributed by atoms with E-state index in [0.29, 0.717) is 6.54 Å². The zero-order chi connectivity index (χ0) is 17.6. The lowest BCUT2D eigenvalue weighted by atomic mass is 9.94. The van der Waals surface area contributed by atoms with Crippen molar-refractivity contribution in [2.24, 2.45) is 0 Å². The molecule has 2 aromatic rings. The van der Waals surface area contributed by atoms with Gasteiger partial charge >= 0.3 is 0 Å². The number of nitrogens with zero attached hydrogens (tertiary/aromatic N) is 3. The minimum atomic E-state index is -0.411. The van der Waals surface area contributed by atoms with E-state index in [4.69, 9.17) is 4.74 Å². The second-order valence-electron chi connectivity index (χ2n) is 6.29. The summed E-state index contributed by atoms with van der Waals surface area (Å²) in [5.41, 5.74) is 1.83. The molecule has 3 rings (SSSR count). The molecule has 0 saturated carbocycles. The molecule has 1 fully saturated rings. The van der Waals surface area contributed by atoms with Gasteiger partial charge in [-0.15, -0.1) is 0 Å². The third kappa shape index (κ3) is 4.53. The van der Waals surface area contributed by atoms with Crippen molar-refractivity contribution in [2.75, 3.05) is 19.7 Å². The first-order chi connectivity index (χ1) is 12.1. The van der Waals surface area contributed by atoms with Gasteiger partial charge in [0, 0.05) is 31.4 Å². The van der Waals surface area contributed by atoms with Gasteiger partial charge < -0.3 is 9.64 Å². The third-order valence-electron chi connectivity index (χ3n) is 4.38. The van der Waals surface area contributed by atoms with Crippen molar-refractivity contribution in [3.63, 3.8) is 0 Å². The number of amides is 1. The van der Waals surface area contributed by atoms with Gasteiger partial charge in [0.1, 0.15) is 0 Å². The van der Waals surface area contributed by atoms with Crippen LogP contribution in [-0.4, -0.2) is 40.5 Å². The number of aryl methyl sites for hydroxylation is 1. The number of carbonyl (C=O) groups excluding carboxylic acids is 1. The summed E-state index contributed by atoms with van der Waals surface area (Å²) in [6, 6.07) is 6.22. The molecule has 1 atom stereocenters. The minimum absolute atomic E-state index is 0.0293. The van der Waals surface area contributed by atoms with E-state index < -0.39 is 5.82 Å². The number of carbonyl (C=O) groups is 1. The summed E-state index contributed by atoms with van der Waals surface area (Å²) in [6.07, 6.45) is 5.70. The maximum absolute atomic E-state index is 13.5. The molecule has 0 radical (unpaired) electrons. The SMILES string of the molecule is Cc1cncc(C2CCCN(C(=O)CCOc3ccccc3F)C2)n1. The van der Waals surface area contributed by atoms with E-state index >= 15 is 0 Å². The Morgan fingerprint density at radius 3 is 3.00 bits per heavy atom. The summed E-state index contributed by atoms with van der Waals surface area (Å²) in [4.78, 5) is 23.0. The summed E-state index contributed by atoms with van der Waals surface area (Å²) in [5, 5.41) is 0. The zero-order valence-corrected chi connectivity index (χ0v) is 14.3. The molecule has 5 nitrogen and oxygen atoms in total. The van der Waals surface area contributed by atoms with E-state index in [2.05, 4.69) is 9.97 Å². The lowest BCUT2D eigenvalue weighted by Crippen LogP contribution is -2.39.